The lowest BCUT2D eigenvalue weighted by Crippen LogP contribution is -1.97. The van der Waals surface area contributed by atoms with Gasteiger partial charge in [0.25, 0.3) is 0 Å². The van der Waals surface area contributed by atoms with Crippen molar-refractivity contribution in [3.8, 4) is 0 Å². The average molecular weight is 231 g/mol. The quantitative estimate of drug-likeness (QED) is 0.704. The van der Waals surface area contributed by atoms with Gasteiger partial charge in [-0.25, -0.2) is 9.59 Å². The number of carboxylic acids is 2. The molecule has 2 aromatic rings. The van der Waals surface area contributed by atoms with Gasteiger partial charge in [0.2, 0.25) is 0 Å². The number of carboxylic acid groups (broad SMARTS) is 2. The van der Waals surface area contributed by atoms with E-state index in [0.29, 0.717) is 10.9 Å². The van der Waals surface area contributed by atoms with Crippen molar-refractivity contribution in [2.24, 2.45) is 0 Å². The number of hydrogen-bond acceptors (Lipinski definition) is 2. The molecule has 5 nitrogen and oxygen atoms in total. The van der Waals surface area contributed by atoms with Gasteiger partial charge in [-0.2, -0.15) is 0 Å². The second-order valence-electron chi connectivity index (χ2n) is 3.44. The molecule has 0 fully saturated rings. The smallest absolute Gasteiger partial charge is 0.338 e. The first-order valence-corrected chi connectivity index (χ1v) is 4.84. The third-order valence-electron chi connectivity index (χ3n) is 2.34. The van der Waals surface area contributed by atoms with Gasteiger partial charge in [-0.3, -0.25) is 0 Å². The Morgan fingerprint density at radius 2 is 1.88 bits per heavy atom. The van der Waals surface area contributed by atoms with E-state index in [9.17, 15) is 9.59 Å². The van der Waals surface area contributed by atoms with Crippen LogP contribution in [-0.2, 0) is 4.79 Å². The summed E-state index contributed by atoms with van der Waals surface area (Å²) in [4.78, 5) is 24.4. The van der Waals surface area contributed by atoms with Crippen LogP contribution < -0.4 is 0 Å². The summed E-state index contributed by atoms with van der Waals surface area (Å²) in [5, 5.41) is 18.2. The standard InChI is InChI=1S/C12H9NO4/c14-10(15)6-5-9-11(12(16)17)7-3-1-2-4-8(7)13-9/h1-6,13H,(H,14,15)(H,16,17). The number of nitrogens with one attached hydrogen (secondary N) is 1. The molecule has 86 valence electrons. The number of H-pyrrole nitrogens is 1. The van der Waals surface area contributed by atoms with E-state index < -0.39 is 11.9 Å². The molecule has 0 saturated heterocycles. The summed E-state index contributed by atoms with van der Waals surface area (Å²) in [6, 6.07) is 6.91. The van der Waals surface area contributed by atoms with Gasteiger partial charge in [0.15, 0.2) is 0 Å². The predicted octanol–water partition coefficient (Wildman–Crippen LogP) is 1.96. The predicted molar refractivity (Wildman–Crippen MR) is 61.9 cm³/mol. The van der Waals surface area contributed by atoms with Crippen molar-refractivity contribution < 1.29 is 19.8 Å². The fourth-order valence-corrected chi connectivity index (χ4v) is 1.67. The highest BCUT2D eigenvalue weighted by atomic mass is 16.4. The van der Waals surface area contributed by atoms with Gasteiger partial charge in [-0.05, 0) is 12.1 Å². The van der Waals surface area contributed by atoms with E-state index in [2.05, 4.69) is 4.98 Å². The Bertz CT molecular complexity index is 624. The van der Waals surface area contributed by atoms with Crippen molar-refractivity contribution >= 4 is 28.9 Å². The van der Waals surface area contributed by atoms with Crippen LogP contribution in [0.4, 0.5) is 0 Å². The minimum atomic E-state index is -1.13. The van der Waals surface area contributed by atoms with Crippen LogP contribution in [0.5, 0.6) is 0 Å². The molecule has 0 spiro atoms. The lowest BCUT2D eigenvalue weighted by Gasteiger charge is -1.93. The highest BCUT2D eigenvalue weighted by molar-refractivity contribution is 6.07. The zero-order valence-corrected chi connectivity index (χ0v) is 8.68. The maximum atomic E-state index is 11.1. The SMILES string of the molecule is O=C(O)C=Cc1[nH]c2ccccc2c1C(=O)O. The van der Waals surface area contributed by atoms with Crippen LogP contribution in [0.1, 0.15) is 16.1 Å². The molecule has 0 atom stereocenters. The fourth-order valence-electron chi connectivity index (χ4n) is 1.67. The van der Waals surface area contributed by atoms with E-state index in [1.54, 1.807) is 24.3 Å². The van der Waals surface area contributed by atoms with Gasteiger partial charge in [-0.1, -0.05) is 18.2 Å². The van der Waals surface area contributed by atoms with E-state index in [0.717, 1.165) is 6.08 Å². The number of aromatic carboxylic acids is 1. The van der Waals surface area contributed by atoms with E-state index in [1.165, 1.54) is 6.08 Å². The molecule has 1 aromatic heterocycles. The zero-order valence-electron chi connectivity index (χ0n) is 8.68. The summed E-state index contributed by atoms with van der Waals surface area (Å²) in [5.74, 6) is -2.22. The van der Waals surface area contributed by atoms with Gasteiger partial charge >= 0.3 is 11.9 Å². The maximum Gasteiger partial charge on any atom is 0.338 e. The Morgan fingerprint density at radius 3 is 2.53 bits per heavy atom. The van der Waals surface area contributed by atoms with Gasteiger partial charge < -0.3 is 15.2 Å². The summed E-state index contributed by atoms with van der Waals surface area (Å²) in [5.41, 5.74) is 1.02. The first-order chi connectivity index (χ1) is 8.09. The molecule has 2 rings (SSSR count). The summed E-state index contributed by atoms with van der Waals surface area (Å²) in [6.07, 6.45) is 2.14. The molecule has 0 amide bonds. The van der Waals surface area contributed by atoms with Crippen molar-refractivity contribution in [1.82, 2.24) is 4.98 Å². The number of hydrogen-bond donors (Lipinski definition) is 3. The Hall–Kier alpha value is -2.56. The van der Waals surface area contributed by atoms with E-state index in [1.807, 2.05) is 0 Å². The molecule has 0 aliphatic heterocycles. The summed E-state index contributed by atoms with van der Waals surface area (Å²) < 4.78 is 0. The van der Waals surface area contributed by atoms with Crippen molar-refractivity contribution in [2.75, 3.05) is 0 Å². The Morgan fingerprint density at radius 1 is 1.18 bits per heavy atom. The molecule has 0 unspecified atom stereocenters. The number of rotatable bonds is 3. The topological polar surface area (TPSA) is 90.4 Å². The lowest BCUT2D eigenvalue weighted by atomic mass is 10.1. The van der Waals surface area contributed by atoms with Crippen LogP contribution in [0.3, 0.4) is 0 Å². The minimum Gasteiger partial charge on any atom is -0.478 e. The Kier molecular flexibility index (Phi) is 2.66. The second-order valence-corrected chi connectivity index (χ2v) is 3.44. The van der Waals surface area contributed by atoms with Gasteiger partial charge in [-0.15, -0.1) is 0 Å². The molecule has 1 aromatic carbocycles. The van der Waals surface area contributed by atoms with Crippen molar-refractivity contribution in [1.29, 1.82) is 0 Å². The number of benzene rings is 1. The number of para-hydroxylation sites is 1. The van der Waals surface area contributed by atoms with E-state index >= 15 is 0 Å². The Labute approximate surface area is 96.0 Å². The molecular weight excluding hydrogens is 222 g/mol. The lowest BCUT2D eigenvalue weighted by molar-refractivity contribution is -0.131. The molecule has 0 bridgehead atoms. The zero-order chi connectivity index (χ0) is 12.4. The molecule has 3 N–H and O–H groups in total. The minimum absolute atomic E-state index is 0.0816. The molecule has 0 radical (unpaired) electrons. The number of aromatic nitrogens is 1. The summed E-state index contributed by atoms with van der Waals surface area (Å²) in [6.45, 7) is 0. The number of aliphatic carboxylic acids is 1. The summed E-state index contributed by atoms with van der Waals surface area (Å²) in [7, 11) is 0. The highest BCUT2D eigenvalue weighted by Crippen LogP contribution is 2.23. The maximum absolute atomic E-state index is 11.1. The van der Waals surface area contributed by atoms with Crippen LogP contribution >= 0.6 is 0 Å². The van der Waals surface area contributed by atoms with Gasteiger partial charge in [0.1, 0.15) is 0 Å². The van der Waals surface area contributed by atoms with E-state index in [4.69, 9.17) is 10.2 Å². The van der Waals surface area contributed by atoms with Crippen molar-refractivity contribution in [3.63, 3.8) is 0 Å². The highest BCUT2D eigenvalue weighted by Gasteiger charge is 2.15. The first-order valence-electron chi connectivity index (χ1n) is 4.84. The van der Waals surface area contributed by atoms with Crippen LogP contribution in [-0.4, -0.2) is 27.1 Å². The normalized spacial score (nSPS) is 11.1. The monoisotopic (exact) mass is 231 g/mol. The molecule has 0 aliphatic rings. The molecular formula is C12H9NO4. The van der Waals surface area contributed by atoms with E-state index in [-0.39, 0.29) is 11.3 Å². The van der Waals surface area contributed by atoms with Gasteiger partial charge in [0.05, 0.1) is 11.3 Å². The average Bonchev–Trinajstić information content (AvgIpc) is 2.64. The van der Waals surface area contributed by atoms with Crippen molar-refractivity contribution in [3.05, 3.63) is 41.6 Å². The van der Waals surface area contributed by atoms with Crippen LogP contribution in [0.15, 0.2) is 30.3 Å². The first kappa shape index (κ1) is 10.9. The molecule has 0 saturated carbocycles. The van der Waals surface area contributed by atoms with Crippen LogP contribution in [0.2, 0.25) is 0 Å². The molecule has 5 heteroatoms. The van der Waals surface area contributed by atoms with Crippen molar-refractivity contribution in [2.45, 2.75) is 0 Å². The number of fused-ring (bicyclic) bond motifs is 1. The largest absolute Gasteiger partial charge is 0.478 e. The van der Waals surface area contributed by atoms with Gasteiger partial charge in [0, 0.05) is 17.0 Å². The second kappa shape index (κ2) is 4.13. The molecule has 17 heavy (non-hydrogen) atoms. The molecule has 0 aliphatic carbocycles. The number of carbonyl (C=O) groups is 2. The number of aromatic amines is 1. The summed E-state index contributed by atoms with van der Waals surface area (Å²) >= 11 is 0. The third kappa shape index (κ3) is 2.03. The third-order valence-corrected chi connectivity index (χ3v) is 2.34. The fraction of sp³-hybridized carbons (Fsp3) is 0. The van der Waals surface area contributed by atoms with Crippen LogP contribution in [0.25, 0.3) is 17.0 Å². The molecule has 1 heterocycles. The Balaban J connectivity index is 2.66. The van der Waals surface area contributed by atoms with Crippen LogP contribution in [0, 0.1) is 0 Å².